The van der Waals surface area contributed by atoms with Crippen LogP contribution in [0.25, 0.3) is 0 Å². The minimum atomic E-state index is -1.02. The maximum Gasteiger partial charge on any atom is 0.356 e. The van der Waals surface area contributed by atoms with Gasteiger partial charge in [0.05, 0.1) is 5.33 Å². The van der Waals surface area contributed by atoms with Crippen molar-refractivity contribution in [2.24, 2.45) is 5.18 Å². The van der Waals surface area contributed by atoms with Crippen molar-refractivity contribution < 1.29 is 24.2 Å². The molecule has 0 radical (unpaired) electrons. The normalized spacial score (nSPS) is 19.4. The van der Waals surface area contributed by atoms with Crippen LogP contribution < -0.4 is 5.32 Å². The summed E-state index contributed by atoms with van der Waals surface area (Å²) in [5.74, 6) is -2.46. The van der Waals surface area contributed by atoms with E-state index in [1.165, 1.54) is 22.7 Å². The molecule has 0 aromatic heterocycles. The van der Waals surface area contributed by atoms with E-state index in [0.29, 0.717) is 11.3 Å². The highest BCUT2D eigenvalue weighted by Crippen LogP contribution is 2.42. The van der Waals surface area contributed by atoms with E-state index in [1.807, 2.05) is 60.7 Å². The van der Waals surface area contributed by atoms with Crippen LogP contribution >= 0.6 is 27.7 Å². The maximum absolute atomic E-state index is 13.6. The van der Waals surface area contributed by atoms with Gasteiger partial charge in [-0.25, -0.2) is 4.79 Å². The first kappa shape index (κ1) is 26.4. The van der Waals surface area contributed by atoms with Gasteiger partial charge in [0, 0.05) is 5.75 Å². The van der Waals surface area contributed by atoms with E-state index in [2.05, 4.69) is 33.0 Å². The third-order valence-electron chi connectivity index (χ3n) is 5.86. The molecule has 0 spiro atoms. The highest BCUT2D eigenvalue weighted by atomic mass is 79.9. The lowest BCUT2D eigenvalue weighted by molar-refractivity contribution is -0.154. The number of esters is 1. The van der Waals surface area contributed by atoms with Gasteiger partial charge in [0.1, 0.15) is 22.9 Å². The molecule has 2 atom stereocenters. The van der Waals surface area contributed by atoms with Crippen LogP contribution in [0.4, 0.5) is 0 Å². The maximum atomic E-state index is 13.6. The topological polar surface area (TPSA) is 125 Å². The fourth-order valence-electron chi connectivity index (χ4n) is 4.03. The standard InChI is InChI=1S/C26H22BrN3O6S/c1-2-15-14-37-25-20(28-23(32)19(29-35)18(31)13-27)24(33)30(25)21(15)26(34)36-22(16-9-5-3-6-10-16)17-11-7-4-8-12-17/h2-12,20,22,25,31H,1,13-14H2,(H,28,32). The predicted molar refractivity (Wildman–Crippen MR) is 142 cm³/mol. The number of halogens is 1. The average Bonchev–Trinajstić information content (AvgIpc) is 2.94. The van der Waals surface area contributed by atoms with Crippen molar-refractivity contribution in [3.63, 3.8) is 0 Å². The van der Waals surface area contributed by atoms with Crippen LogP contribution in [0, 0.1) is 4.91 Å². The lowest BCUT2D eigenvalue weighted by Gasteiger charge is -2.49. The number of carbonyl (C=O) groups excluding carboxylic acids is 3. The van der Waals surface area contributed by atoms with Crippen LogP contribution in [-0.4, -0.2) is 50.3 Å². The molecule has 2 heterocycles. The van der Waals surface area contributed by atoms with Crippen LogP contribution in [0.2, 0.25) is 0 Å². The Morgan fingerprint density at radius 2 is 1.78 bits per heavy atom. The number of hydrogen-bond acceptors (Lipinski definition) is 8. The molecule has 37 heavy (non-hydrogen) atoms. The Balaban J connectivity index is 1.59. The van der Waals surface area contributed by atoms with Crippen LogP contribution in [0.1, 0.15) is 17.2 Å². The second-order valence-corrected chi connectivity index (χ2v) is 9.73. The van der Waals surface area contributed by atoms with Gasteiger partial charge in [-0.2, -0.15) is 0 Å². The summed E-state index contributed by atoms with van der Waals surface area (Å²) in [5.41, 5.74) is 1.38. The first-order chi connectivity index (χ1) is 17.9. The molecule has 2 aliphatic rings. The SMILES string of the molecule is C=CC1=C(C(=O)OC(c2ccccc2)c2ccccc2)N2C(=O)C(NC(=O)C(N=O)=C(O)CBr)C2SC1. The smallest absolute Gasteiger partial charge is 0.356 e. The van der Waals surface area contributed by atoms with Crippen molar-refractivity contribution in [1.82, 2.24) is 10.2 Å². The van der Waals surface area contributed by atoms with Gasteiger partial charge in [0.2, 0.25) is 5.70 Å². The van der Waals surface area contributed by atoms with E-state index in [0.717, 1.165) is 11.1 Å². The molecule has 0 aliphatic carbocycles. The van der Waals surface area contributed by atoms with Gasteiger partial charge >= 0.3 is 5.97 Å². The van der Waals surface area contributed by atoms with Gasteiger partial charge in [0.15, 0.2) is 6.10 Å². The highest BCUT2D eigenvalue weighted by Gasteiger charge is 2.54. The number of nitroso groups, excluding NO2 is 1. The summed E-state index contributed by atoms with van der Waals surface area (Å²) in [5, 5.41) is 14.0. The largest absolute Gasteiger partial charge is 0.509 e. The number of aliphatic hydroxyl groups is 1. The molecule has 11 heteroatoms. The summed E-state index contributed by atoms with van der Waals surface area (Å²) in [6.45, 7) is 3.78. The average molecular weight is 584 g/mol. The molecule has 1 fully saturated rings. The fourth-order valence-corrected chi connectivity index (χ4v) is 5.64. The Labute approximate surface area is 225 Å². The Kier molecular flexibility index (Phi) is 8.24. The van der Waals surface area contributed by atoms with E-state index in [1.54, 1.807) is 0 Å². The Morgan fingerprint density at radius 1 is 1.19 bits per heavy atom. The molecule has 2 amide bonds. The second-order valence-electron chi connectivity index (χ2n) is 8.07. The van der Waals surface area contributed by atoms with Crippen molar-refractivity contribution in [3.8, 4) is 0 Å². The van der Waals surface area contributed by atoms with E-state index in [-0.39, 0.29) is 11.0 Å². The van der Waals surface area contributed by atoms with E-state index >= 15 is 0 Å². The molecule has 190 valence electrons. The van der Waals surface area contributed by atoms with Crippen LogP contribution in [0.5, 0.6) is 0 Å². The van der Waals surface area contributed by atoms with E-state index in [4.69, 9.17) is 4.74 Å². The number of fused-ring (bicyclic) bond motifs is 1. The first-order valence-electron chi connectivity index (χ1n) is 11.1. The molecule has 2 N–H and O–H groups in total. The monoisotopic (exact) mass is 583 g/mol. The Bertz CT molecular complexity index is 1260. The van der Waals surface area contributed by atoms with Crippen molar-refractivity contribution in [3.05, 3.63) is 112 Å². The zero-order chi connectivity index (χ0) is 26.5. The van der Waals surface area contributed by atoms with Gasteiger partial charge in [-0.3, -0.25) is 14.5 Å². The molecule has 2 aromatic rings. The molecule has 0 saturated carbocycles. The summed E-state index contributed by atoms with van der Waals surface area (Å²) >= 11 is 4.27. The van der Waals surface area contributed by atoms with Crippen molar-refractivity contribution in [2.45, 2.75) is 17.5 Å². The summed E-state index contributed by atoms with van der Waals surface area (Å²) in [6.07, 6.45) is 0.788. The number of allylic oxidation sites excluding steroid dienone is 2. The molecule has 9 nitrogen and oxygen atoms in total. The fraction of sp³-hybridized carbons (Fsp3) is 0.192. The predicted octanol–water partition coefficient (Wildman–Crippen LogP) is 4.09. The molecule has 1 saturated heterocycles. The minimum Gasteiger partial charge on any atom is -0.509 e. The lowest BCUT2D eigenvalue weighted by atomic mass is 10.0. The zero-order valence-electron chi connectivity index (χ0n) is 19.4. The third kappa shape index (κ3) is 5.23. The quantitative estimate of drug-likeness (QED) is 0.114. The minimum absolute atomic E-state index is 0.0543. The van der Waals surface area contributed by atoms with Gasteiger partial charge in [-0.1, -0.05) is 89.2 Å². The number of ether oxygens (including phenoxy) is 1. The number of rotatable bonds is 9. The Morgan fingerprint density at radius 3 is 2.30 bits per heavy atom. The second kappa shape index (κ2) is 11.6. The van der Waals surface area contributed by atoms with E-state index in [9.17, 15) is 24.4 Å². The molecular weight excluding hydrogens is 562 g/mol. The number of thioether (sulfide) groups is 1. The molecular formula is C26H22BrN3O6S. The van der Waals surface area contributed by atoms with Crippen LogP contribution in [-0.2, 0) is 19.1 Å². The summed E-state index contributed by atoms with van der Waals surface area (Å²) in [4.78, 5) is 51.4. The van der Waals surface area contributed by atoms with E-state index < -0.39 is 46.8 Å². The number of β-lactam (4-membered cyclic amide) rings is 1. The molecule has 2 unspecified atom stereocenters. The molecule has 2 aliphatic heterocycles. The number of aliphatic hydroxyl groups excluding tert-OH is 1. The highest BCUT2D eigenvalue weighted by molar-refractivity contribution is 9.09. The third-order valence-corrected chi connectivity index (χ3v) is 7.69. The summed E-state index contributed by atoms with van der Waals surface area (Å²) in [7, 11) is 0. The number of carbonyl (C=O) groups is 3. The number of alkyl halides is 1. The number of benzene rings is 2. The number of nitrogens with zero attached hydrogens (tertiary/aromatic N) is 2. The molecule has 0 bridgehead atoms. The van der Waals surface area contributed by atoms with Gasteiger partial charge in [-0.05, 0) is 21.9 Å². The first-order valence-corrected chi connectivity index (χ1v) is 13.3. The van der Waals surface area contributed by atoms with Gasteiger partial charge in [0.25, 0.3) is 11.8 Å². The van der Waals surface area contributed by atoms with Crippen molar-refractivity contribution in [1.29, 1.82) is 0 Å². The molecule has 4 rings (SSSR count). The van der Waals surface area contributed by atoms with Gasteiger partial charge in [-0.15, -0.1) is 16.7 Å². The lowest BCUT2D eigenvalue weighted by Crippen LogP contribution is -2.70. The molecule has 2 aromatic carbocycles. The van der Waals surface area contributed by atoms with Crippen LogP contribution in [0.3, 0.4) is 0 Å². The number of amides is 2. The Hall–Kier alpha value is -3.70. The van der Waals surface area contributed by atoms with Crippen molar-refractivity contribution >= 4 is 45.5 Å². The van der Waals surface area contributed by atoms with Gasteiger partial charge < -0.3 is 15.2 Å². The zero-order valence-corrected chi connectivity index (χ0v) is 21.8. The van der Waals surface area contributed by atoms with Crippen molar-refractivity contribution in [2.75, 3.05) is 11.1 Å². The van der Waals surface area contributed by atoms with Crippen LogP contribution in [0.15, 0.2) is 101 Å². The summed E-state index contributed by atoms with van der Waals surface area (Å²) in [6, 6.07) is 17.5. The number of nitrogens with one attached hydrogen (secondary N) is 1. The summed E-state index contributed by atoms with van der Waals surface area (Å²) < 4.78 is 5.98. The number of hydrogen-bond donors (Lipinski definition) is 2.